The Morgan fingerprint density at radius 1 is 1.54 bits per heavy atom. The van der Waals surface area contributed by atoms with Crippen molar-refractivity contribution in [3.05, 3.63) is 0 Å². The van der Waals surface area contributed by atoms with Gasteiger partial charge in [-0.1, -0.05) is 13.3 Å². The Morgan fingerprint density at radius 3 is 2.69 bits per heavy atom. The third-order valence-electron chi connectivity index (χ3n) is 2.75. The Bertz CT molecular complexity index is 166. The predicted octanol–water partition coefficient (Wildman–Crippen LogP) is 1.98. The Morgan fingerprint density at radius 2 is 2.23 bits per heavy atom. The summed E-state index contributed by atoms with van der Waals surface area (Å²) in [4.78, 5) is 13.3. The molecule has 0 aromatic heterocycles. The normalized spacial score (nSPS) is 16.5. The molecule has 0 aromatic rings. The molecule has 1 rings (SSSR count). The maximum atomic E-state index is 11.5. The van der Waals surface area contributed by atoms with Crippen LogP contribution in [0.3, 0.4) is 0 Å². The summed E-state index contributed by atoms with van der Waals surface area (Å²) in [6.45, 7) is 2.94. The zero-order valence-electron chi connectivity index (χ0n) is 8.68. The molecule has 0 atom stereocenters. The molecule has 76 valence electrons. The van der Waals surface area contributed by atoms with Crippen LogP contribution in [0, 0.1) is 0 Å². The fourth-order valence-electron chi connectivity index (χ4n) is 1.44. The number of carbonyl (C=O) groups is 1. The minimum absolute atomic E-state index is 0.0955. The maximum absolute atomic E-state index is 11.5. The fraction of sp³-hybridized carbons (Fsp3) is 0.900. The van der Waals surface area contributed by atoms with E-state index in [4.69, 9.17) is 0 Å². The third kappa shape index (κ3) is 2.90. The van der Waals surface area contributed by atoms with Crippen molar-refractivity contribution in [2.45, 2.75) is 45.1 Å². The number of nitrogens with zero attached hydrogens (tertiary/aromatic N) is 1. The van der Waals surface area contributed by atoms with Crippen molar-refractivity contribution < 1.29 is 4.79 Å². The molecule has 0 bridgehead atoms. The summed E-state index contributed by atoms with van der Waals surface area (Å²) in [5, 5.41) is 2.92. The van der Waals surface area contributed by atoms with Crippen molar-refractivity contribution in [2.75, 3.05) is 13.6 Å². The lowest BCUT2D eigenvalue weighted by Gasteiger charge is -2.34. The van der Waals surface area contributed by atoms with Crippen LogP contribution in [0.25, 0.3) is 0 Å². The Hall–Kier alpha value is -0.730. The van der Waals surface area contributed by atoms with Gasteiger partial charge in [0.05, 0.1) is 0 Å². The van der Waals surface area contributed by atoms with Crippen LogP contribution in [0.1, 0.15) is 39.0 Å². The van der Waals surface area contributed by atoms with Gasteiger partial charge < -0.3 is 10.2 Å². The summed E-state index contributed by atoms with van der Waals surface area (Å²) in [5.41, 5.74) is 0. The smallest absolute Gasteiger partial charge is 0.317 e. The molecule has 1 aliphatic rings. The van der Waals surface area contributed by atoms with Gasteiger partial charge in [-0.3, -0.25) is 0 Å². The number of rotatable bonds is 4. The van der Waals surface area contributed by atoms with Crippen LogP contribution in [-0.2, 0) is 0 Å². The molecule has 0 saturated heterocycles. The lowest BCUT2D eigenvalue weighted by Crippen LogP contribution is -2.46. The monoisotopic (exact) mass is 184 g/mol. The second-order valence-corrected chi connectivity index (χ2v) is 3.78. The molecule has 3 nitrogen and oxygen atoms in total. The summed E-state index contributed by atoms with van der Waals surface area (Å²) in [7, 11) is 1.89. The largest absolute Gasteiger partial charge is 0.338 e. The van der Waals surface area contributed by atoms with E-state index < -0.39 is 0 Å². The number of unbranched alkanes of at least 4 members (excludes halogenated alkanes) is 1. The van der Waals surface area contributed by atoms with E-state index in [1.54, 1.807) is 0 Å². The highest BCUT2D eigenvalue weighted by atomic mass is 16.2. The lowest BCUT2D eigenvalue weighted by atomic mass is 9.92. The van der Waals surface area contributed by atoms with Gasteiger partial charge in [0.15, 0.2) is 0 Å². The third-order valence-corrected chi connectivity index (χ3v) is 2.75. The summed E-state index contributed by atoms with van der Waals surface area (Å²) in [6, 6.07) is 0.597. The lowest BCUT2D eigenvalue weighted by molar-refractivity contribution is 0.157. The van der Waals surface area contributed by atoms with Gasteiger partial charge in [0.1, 0.15) is 0 Å². The summed E-state index contributed by atoms with van der Waals surface area (Å²) < 4.78 is 0. The van der Waals surface area contributed by atoms with Crippen LogP contribution in [0.15, 0.2) is 0 Å². The van der Waals surface area contributed by atoms with Gasteiger partial charge in [0.25, 0.3) is 0 Å². The molecule has 1 saturated carbocycles. The minimum atomic E-state index is 0.0955. The van der Waals surface area contributed by atoms with Gasteiger partial charge in [0.2, 0.25) is 0 Å². The Labute approximate surface area is 80.5 Å². The molecule has 1 aliphatic carbocycles. The maximum Gasteiger partial charge on any atom is 0.317 e. The van der Waals surface area contributed by atoms with Gasteiger partial charge in [-0.2, -0.15) is 0 Å². The molecule has 0 spiro atoms. The number of nitrogens with one attached hydrogen (secondary N) is 1. The Balaban J connectivity index is 2.13. The van der Waals surface area contributed by atoms with Crippen molar-refractivity contribution in [2.24, 2.45) is 0 Å². The molecular weight excluding hydrogens is 164 g/mol. The van der Waals surface area contributed by atoms with Crippen molar-refractivity contribution in [3.8, 4) is 0 Å². The van der Waals surface area contributed by atoms with Crippen LogP contribution in [0.2, 0.25) is 0 Å². The standard InChI is InChI=1S/C10H20N2O/c1-3-4-8-11-10(13)12(2)9-6-5-7-9/h9H,3-8H2,1-2H3,(H,11,13). The SMILES string of the molecule is CCCCNC(=O)N(C)C1CCC1. The fourth-order valence-corrected chi connectivity index (χ4v) is 1.44. The van der Waals surface area contributed by atoms with Gasteiger partial charge >= 0.3 is 6.03 Å². The first-order valence-corrected chi connectivity index (χ1v) is 5.26. The second kappa shape index (κ2) is 5.10. The molecule has 2 amide bonds. The van der Waals surface area contributed by atoms with E-state index in [0.29, 0.717) is 6.04 Å². The molecule has 3 heteroatoms. The average molecular weight is 184 g/mol. The van der Waals surface area contributed by atoms with Crippen LogP contribution in [-0.4, -0.2) is 30.6 Å². The van der Waals surface area contributed by atoms with Gasteiger partial charge in [0, 0.05) is 19.6 Å². The van der Waals surface area contributed by atoms with E-state index in [0.717, 1.165) is 19.4 Å². The number of carbonyl (C=O) groups excluding carboxylic acids is 1. The van der Waals surface area contributed by atoms with E-state index in [2.05, 4.69) is 12.2 Å². The van der Waals surface area contributed by atoms with E-state index in [9.17, 15) is 4.79 Å². The predicted molar refractivity (Wildman–Crippen MR) is 53.7 cm³/mol. The highest BCUT2D eigenvalue weighted by molar-refractivity contribution is 5.74. The van der Waals surface area contributed by atoms with Crippen molar-refractivity contribution >= 4 is 6.03 Å². The number of hydrogen-bond acceptors (Lipinski definition) is 1. The summed E-state index contributed by atoms with van der Waals surface area (Å²) in [6.07, 6.45) is 5.84. The molecule has 0 aromatic carbocycles. The average Bonchev–Trinajstić information content (AvgIpc) is 2.01. The van der Waals surface area contributed by atoms with E-state index in [-0.39, 0.29) is 6.03 Å². The first-order valence-electron chi connectivity index (χ1n) is 5.26. The van der Waals surface area contributed by atoms with E-state index in [1.807, 2.05) is 11.9 Å². The first-order chi connectivity index (χ1) is 6.25. The zero-order chi connectivity index (χ0) is 9.68. The molecule has 0 unspecified atom stereocenters. The number of amides is 2. The molecule has 0 aliphatic heterocycles. The van der Waals surface area contributed by atoms with Crippen molar-refractivity contribution in [1.29, 1.82) is 0 Å². The summed E-state index contributed by atoms with van der Waals surface area (Å²) in [5.74, 6) is 0. The van der Waals surface area contributed by atoms with Crippen molar-refractivity contribution in [3.63, 3.8) is 0 Å². The first kappa shape index (κ1) is 10.4. The second-order valence-electron chi connectivity index (χ2n) is 3.78. The molecule has 0 radical (unpaired) electrons. The topological polar surface area (TPSA) is 32.3 Å². The minimum Gasteiger partial charge on any atom is -0.338 e. The van der Waals surface area contributed by atoms with Gasteiger partial charge in [-0.25, -0.2) is 4.79 Å². The van der Waals surface area contributed by atoms with Crippen LogP contribution in [0.5, 0.6) is 0 Å². The quantitative estimate of drug-likeness (QED) is 0.666. The molecule has 1 N–H and O–H groups in total. The molecule has 13 heavy (non-hydrogen) atoms. The molecule has 1 fully saturated rings. The molecule has 0 heterocycles. The van der Waals surface area contributed by atoms with Gasteiger partial charge in [-0.15, -0.1) is 0 Å². The number of urea groups is 1. The number of hydrogen-bond donors (Lipinski definition) is 1. The van der Waals surface area contributed by atoms with Crippen LogP contribution >= 0.6 is 0 Å². The van der Waals surface area contributed by atoms with Gasteiger partial charge in [-0.05, 0) is 25.7 Å². The highest BCUT2D eigenvalue weighted by Gasteiger charge is 2.24. The van der Waals surface area contributed by atoms with E-state index in [1.165, 1.54) is 19.3 Å². The van der Waals surface area contributed by atoms with Crippen LogP contribution < -0.4 is 5.32 Å². The van der Waals surface area contributed by atoms with Crippen LogP contribution in [0.4, 0.5) is 4.79 Å². The zero-order valence-corrected chi connectivity index (χ0v) is 8.68. The van der Waals surface area contributed by atoms with E-state index >= 15 is 0 Å². The highest BCUT2D eigenvalue weighted by Crippen LogP contribution is 2.23. The van der Waals surface area contributed by atoms with Crippen molar-refractivity contribution in [1.82, 2.24) is 10.2 Å². The Kier molecular flexibility index (Phi) is 4.06. The molecular formula is C10H20N2O. The summed E-state index contributed by atoms with van der Waals surface area (Å²) >= 11 is 0.